The van der Waals surface area contributed by atoms with Crippen molar-refractivity contribution in [3.05, 3.63) is 22.3 Å². The predicted octanol–water partition coefficient (Wildman–Crippen LogP) is 1.55. The average Bonchev–Trinajstić information content (AvgIpc) is 2.90. The molecule has 0 spiro atoms. The number of nitrogens with zero attached hydrogens (tertiary/aromatic N) is 3. The van der Waals surface area contributed by atoms with Crippen LogP contribution in [-0.2, 0) is 22.6 Å². The molecule has 0 fully saturated rings. The lowest BCUT2D eigenvalue weighted by atomic mass is 10.2. The van der Waals surface area contributed by atoms with Gasteiger partial charge in [0, 0.05) is 11.9 Å². The molecule has 20 heavy (non-hydrogen) atoms. The number of thiophene rings is 1. The summed E-state index contributed by atoms with van der Waals surface area (Å²) < 4.78 is 13.6. The van der Waals surface area contributed by atoms with Crippen LogP contribution in [0.15, 0.2) is 11.5 Å². The Balaban J connectivity index is 2.04. The lowest BCUT2D eigenvalue weighted by Crippen LogP contribution is -2.20. The molecular formula is C12H16N4O2S2. The number of nitrogens with one attached hydrogen (secondary N) is 1. The maximum absolute atomic E-state index is 12.0. The molecule has 1 atom stereocenters. The Labute approximate surface area is 123 Å². The Hall–Kier alpha value is -1.54. The van der Waals surface area contributed by atoms with Crippen LogP contribution < -0.4 is 5.32 Å². The van der Waals surface area contributed by atoms with Gasteiger partial charge in [-0.3, -0.25) is 9.00 Å². The summed E-state index contributed by atoms with van der Waals surface area (Å²) in [6.45, 7) is 6.00. The fourth-order valence-corrected chi connectivity index (χ4v) is 3.71. The number of hydrogen-bond donors (Lipinski definition) is 1. The maximum atomic E-state index is 12.0. The topological polar surface area (TPSA) is 76.9 Å². The number of aromatic nitrogens is 3. The molecule has 2 rings (SSSR count). The lowest BCUT2D eigenvalue weighted by Gasteiger charge is -2.04. The van der Waals surface area contributed by atoms with E-state index in [1.807, 2.05) is 20.8 Å². The number of anilines is 1. The first-order valence-corrected chi connectivity index (χ1v) is 8.12. The van der Waals surface area contributed by atoms with Crippen LogP contribution >= 0.6 is 11.3 Å². The summed E-state index contributed by atoms with van der Waals surface area (Å²) in [5, 5.41) is 11.3. The summed E-state index contributed by atoms with van der Waals surface area (Å²) in [6.07, 6.45) is 1.46. The van der Waals surface area contributed by atoms with Crippen LogP contribution in [0.4, 0.5) is 5.00 Å². The van der Waals surface area contributed by atoms with E-state index >= 15 is 0 Å². The Morgan fingerprint density at radius 1 is 1.40 bits per heavy atom. The Morgan fingerprint density at radius 2 is 2.10 bits per heavy atom. The van der Waals surface area contributed by atoms with E-state index in [9.17, 15) is 9.00 Å². The van der Waals surface area contributed by atoms with Crippen LogP contribution in [0.5, 0.6) is 0 Å². The number of hydrogen-bond acceptors (Lipinski definition) is 5. The zero-order chi connectivity index (χ0) is 14.9. The smallest absolute Gasteiger partial charge is 0.238 e. The van der Waals surface area contributed by atoms with Gasteiger partial charge in [0.2, 0.25) is 11.1 Å². The average molecular weight is 312 g/mol. The molecule has 0 aliphatic rings. The molecule has 0 saturated heterocycles. The van der Waals surface area contributed by atoms with Crippen molar-refractivity contribution in [2.24, 2.45) is 7.05 Å². The third-order valence-electron chi connectivity index (χ3n) is 3.07. The van der Waals surface area contributed by atoms with Gasteiger partial charge in [-0.1, -0.05) is 0 Å². The fourth-order valence-electron chi connectivity index (χ4n) is 1.68. The van der Waals surface area contributed by atoms with Crippen LogP contribution in [0.25, 0.3) is 0 Å². The van der Waals surface area contributed by atoms with Crippen molar-refractivity contribution in [3.8, 4) is 0 Å². The molecule has 8 heteroatoms. The molecular weight excluding hydrogens is 296 g/mol. The van der Waals surface area contributed by atoms with Crippen molar-refractivity contribution in [1.29, 1.82) is 0 Å². The van der Waals surface area contributed by atoms with Crippen molar-refractivity contribution < 1.29 is 9.00 Å². The highest BCUT2D eigenvalue weighted by atomic mass is 32.2. The molecule has 2 aromatic rings. The zero-order valence-corrected chi connectivity index (χ0v) is 13.4. The second-order valence-corrected chi connectivity index (χ2v) is 7.07. The van der Waals surface area contributed by atoms with Crippen LogP contribution in [0.3, 0.4) is 0 Å². The van der Waals surface area contributed by atoms with Crippen molar-refractivity contribution >= 4 is 33.0 Å². The Kier molecular flexibility index (Phi) is 4.34. The molecule has 1 amide bonds. The molecule has 0 bridgehead atoms. The Bertz CT molecular complexity index is 675. The molecule has 1 N–H and O–H groups in total. The first-order chi connectivity index (χ1) is 9.40. The van der Waals surface area contributed by atoms with Gasteiger partial charge >= 0.3 is 0 Å². The standard InChI is InChI=1S/C12H16N4O2S2/c1-7-8(2)11(19-9(7)3)14-10(17)5-20(18)12-15-13-6-16(12)4/h6H,5H2,1-4H3,(H,14,17)/t20-/m0/s1. The first kappa shape index (κ1) is 14.9. The molecule has 0 radical (unpaired) electrons. The van der Waals surface area contributed by atoms with E-state index in [4.69, 9.17) is 0 Å². The second-order valence-electron chi connectivity index (χ2n) is 4.50. The van der Waals surface area contributed by atoms with Gasteiger partial charge in [0.05, 0.1) is 5.00 Å². The van der Waals surface area contributed by atoms with E-state index in [1.165, 1.54) is 28.1 Å². The van der Waals surface area contributed by atoms with Crippen molar-refractivity contribution in [2.75, 3.05) is 11.1 Å². The summed E-state index contributed by atoms with van der Waals surface area (Å²) in [4.78, 5) is 13.1. The van der Waals surface area contributed by atoms with Crippen LogP contribution in [0, 0.1) is 20.8 Å². The highest BCUT2D eigenvalue weighted by molar-refractivity contribution is 7.85. The first-order valence-electron chi connectivity index (χ1n) is 5.99. The predicted molar refractivity (Wildman–Crippen MR) is 79.4 cm³/mol. The SMILES string of the molecule is Cc1sc(NC(=O)C[S@](=O)c2nncn2C)c(C)c1C. The molecule has 2 heterocycles. The molecule has 0 aliphatic heterocycles. The number of amides is 1. The van der Waals surface area contributed by atoms with Gasteiger partial charge in [0.15, 0.2) is 0 Å². The molecule has 6 nitrogen and oxygen atoms in total. The van der Waals surface area contributed by atoms with Crippen molar-refractivity contribution in [2.45, 2.75) is 25.9 Å². The lowest BCUT2D eigenvalue weighted by molar-refractivity contribution is -0.113. The number of rotatable bonds is 4. The minimum Gasteiger partial charge on any atom is -0.317 e. The molecule has 0 unspecified atom stereocenters. The van der Waals surface area contributed by atoms with E-state index < -0.39 is 10.8 Å². The van der Waals surface area contributed by atoms with Gasteiger partial charge in [-0.25, -0.2) is 0 Å². The molecule has 0 aromatic carbocycles. The monoisotopic (exact) mass is 312 g/mol. The second kappa shape index (κ2) is 5.84. The van der Waals surface area contributed by atoms with Gasteiger partial charge < -0.3 is 9.88 Å². The summed E-state index contributed by atoms with van der Waals surface area (Å²) in [7, 11) is 0.205. The van der Waals surface area contributed by atoms with Gasteiger partial charge in [-0.2, -0.15) is 0 Å². The molecule has 0 saturated carbocycles. The van der Waals surface area contributed by atoms with Crippen LogP contribution in [-0.4, -0.2) is 30.6 Å². The summed E-state index contributed by atoms with van der Waals surface area (Å²) in [6, 6.07) is 0. The summed E-state index contributed by atoms with van der Waals surface area (Å²) in [5.41, 5.74) is 2.24. The third-order valence-corrected chi connectivity index (χ3v) is 5.60. The minimum absolute atomic E-state index is 0.123. The zero-order valence-electron chi connectivity index (χ0n) is 11.8. The Morgan fingerprint density at radius 3 is 2.60 bits per heavy atom. The minimum atomic E-state index is -1.49. The summed E-state index contributed by atoms with van der Waals surface area (Å²) in [5.74, 6) is -0.405. The van der Waals surface area contributed by atoms with E-state index in [1.54, 1.807) is 11.6 Å². The van der Waals surface area contributed by atoms with E-state index in [2.05, 4.69) is 15.5 Å². The number of aryl methyl sites for hydroxylation is 2. The van der Waals surface area contributed by atoms with Crippen molar-refractivity contribution in [1.82, 2.24) is 14.8 Å². The van der Waals surface area contributed by atoms with E-state index in [0.717, 1.165) is 10.6 Å². The normalized spacial score (nSPS) is 12.4. The van der Waals surface area contributed by atoms with Gasteiger partial charge in [-0.05, 0) is 31.9 Å². The van der Waals surface area contributed by atoms with Crippen molar-refractivity contribution in [3.63, 3.8) is 0 Å². The van der Waals surface area contributed by atoms with E-state index in [-0.39, 0.29) is 11.7 Å². The molecule has 0 aliphatic carbocycles. The molecule has 2 aromatic heterocycles. The molecule has 108 valence electrons. The van der Waals surface area contributed by atoms with Gasteiger partial charge in [-0.15, -0.1) is 21.5 Å². The van der Waals surface area contributed by atoms with Crippen LogP contribution in [0.1, 0.15) is 16.0 Å². The van der Waals surface area contributed by atoms with E-state index in [0.29, 0.717) is 5.16 Å². The fraction of sp³-hybridized carbons (Fsp3) is 0.417. The number of carbonyl (C=O) groups excluding carboxylic acids is 1. The van der Waals surface area contributed by atoms with Gasteiger partial charge in [0.25, 0.3) is 0 Å². The van der Waals surface area contributed by atoms with Crippen LogP contribution in [0.2, 0.25) is 0 Å². The summed E-state index contributed by atoms with van der Waals surface area (Å²) >= 11 is 1.53. The third kappa shape index (κ3) is 2.96. The number of carbonyl (C=O) groups is 1. The largest absolute Gasteiger partial charge is 0.317 e. The highest BCUT2D eigenvalue weighted by Crippen LogP contribution is 2.31. The quantitative estimate of drug-likeness (QED) is 0.929. The maximum Gasteiger partial charge on any atom is 0.238 e. The highest BCUT2D eigenvalue weighted by Gasteiger charge is 2.17. The van der Waals surface area contributed by atoms with Gasteiger partial charge in [0.1, 0.15) is 22.9 Å².